The van der Waals surface area contributed by atoms with Crippen LogP contribution in [0.2, 0.25) is 5.02 Å². The molecule has 0 spiro atoms. The SMILES string of the molecule is Cc1cc(Cl)cc(NC(=O)OCc2ccccc2)c1O. The maximum absolute atomic E-state index is 11.7. The molecule has 5 heteroatoms. The Labute approximate surface area is 122 Å². The summed E-state index contributed by atoms with van der Waals surface area (Å²) < 4.78 is 5.06. The molecule has 2 rings (SSSR count). The lowest BCUT2D eigenvalue weighted by atomic mass is 10.2. The molecule has 0 aromatic heterocycles. The number of rotatable bonds is 3. The Hall–Kier alpha value is -2.20. The normalized spacial score (nSPS) is 10.1. The van der Waals surface area contributed by atoms with Crippen molar-refractivity contribution >= 4 is 23.4 Å². The second-order valence-electron chi connectivity index (χ2n) is 4.31. The smallest absolute Gasteiger partial charge is 0.412 e. The lowest BCUT2D eigenvalue weighted by molar-refractivity contribution is 0.155. The number of benzene rings is 2. The van der Waals surface area contributed by atoms with Crippen molar-refractivity contribution in [2.75, 3.05) is 5.32 Å². The number of aromatic hydroxyl groups is 1. The van der Waals surface area contributed by atoms with Gasteiger partial charge in [-0.3, -0.25) is 5.32 Å². The maximum Gasteiger partial charge on any atom is 0.412 e. The molecule has 0 unspecified atom stereocenters. The molecular formula is C15H14ClNO3. The molecule has 1 amide bonds. The van der Waals surface area contributed by atoms with E-state index in [0.29, 0.717) is 10.6 Å². The molecule has 0 radical (unpaired) electrons. The minimum atomic E-state index is -0.647. The third-order valence-electron chi connectivity index (χ3n) is 2.71. The van der Waals surface area contributed by atoms with E-state index in [9.17, 15) is 9.90 Å². The second-order valence-corrected chi connectivity index (χ2v) is 4.74. The number of aryl methyl sites for hydroxylation is 1. The number of hydrogen-bond acceptors (Lipinski definition) is 3. The average Bonchev–Trinajstić information content (AvgIpc) is 2.43. The van der Waals surface area contributed by atoms with Crippen molar-refractivity contribution in [1.29, 1.82) is 0 Å². The lowest BCUT2D eigenvalue weighted by Gasteiger charge is -2.10. The van der Waals surface area contributed by atoms with Gasteiger partial charge in [0.15, 0.2) is 0 Å². The van der Waals surface area contributed by atoms with Crippen molar-refractivity contribution in [1.82, 2.24) is 0 Å². The molecule has 0 heterocycles. The van der Waals surface area contributed by atoms with Crippen LogP contribution in [0.1, 0.15) is 11.1 Å². The molecule has 4 nitrogen and oxygen atoms in total. The quantitative estimate of drug-likeness (QED) is 0.837. The Balaban J connectivity index is 1.98. The van der Waals surface area contributed by atoms with Crippen molar-refractivity contribution in [3.8, 4) is 5.75 Å². The van der Waals surface area contributed by atoms with E-state index in [2.05, 4.69) is 5.32 Å². The summed E-state index contributed by atoms with van der Waals surface area (Å²) in [6.07, 6.45) is -0.647. The summed E-state index contributed by atoms with van der Waals surface area (Å²) in [5, 5.41) is 12.7. The molecule has 2 aromatic rings. The first-order valence-corrected chi connectivity index (χ1v) is 6.41. The molecule has 2 aromatic carbocycles. The van der Waals surface area contributed by atoms with E-state index in [1.807, 2.05) is 30.3 Å². The Morgan fingerprint density at radius 1 is 1.30 bits per heavy atom. The van der Waals surface area contributed by atoms with E-state index in [4.69, 9.17) is 16.3 Å². The number of amides is 1. The van der Waals surface area contributed by atoms with Crippen LogP contribution >= 0.6 is 11.6 Å². The highest BCUT2D eigenvalue weighted by molar-refractivity contribution is 6.31. The van der Waals surface area contributed by atoms with E-state index in [1.54, 1.807) is 13.0 Å². The van der Waals surface area contributed by atoms with Crippen molar-refractivity contribution < 1.29 is 14.6 Å². The Bertz CT molecular complexity index is 614. The Morgan fingerprint density at radius 2 is 2.00 bits per heavy atom. The van der Waals surface area contributed by atoms with Gasteiger partial charge >= 0.3 is 6.09 Å². The first kappa shape index (κ1) is 14.2. The van der Waals surface area contributed by atoms with Gasteiger partial charge in [-0.05, 0) is 30.2 Å². The second kappa shape index (κ2) is 6.30. The van der Waals surface area contributed by atoms with E-state index >= 15 is 0 Å². The van der Waals surface area contributed by atoms with Crippen molar-refractivity contribution in [3.63, 3.8) is 0 Å². The number of hydrogen-bond donors (Lipinski definition) is 2. The summed E-state index contributed by atoms with van der Waals surface area (Å²) in [5.41, 5.74) is 1.69. The minimum Gasteiger partial charge on any atom is -0.505 e. The average molecular weight is 292 g/mol. The molecule has 0 aliphatic carbocycles. The predicted molar refractivity (Wildman–Crippen MR) is 78.1 cm³/mol. The van der Waals surface area contributed by atoms with Gasteiger partial charge < -0.3 is 9.84 Å². The topological polar surface area (TPSA) is 58.6 Å². The molecule has 0 saturated heterocycles. The zero-order chi connectivity index (χ0) is 14.5. The third kappa shape index (κ3) is 3.65. The third-order valence-corrected chi connectivity index (χ3v) is 2.93. The Morgan fingerprint density at radius 3 is 2.70 bits per heavy atom. The highest BCUT2D eigenvalue weighted by Gasteiger charge is 2.10. The molecule has 20 heavy (non-hydrogen) atoms. The van der Waals surface area contributed by atoms with Crippen molar-refractivity contribution in [3.05, 3.63) is 58.6 Å². The minimum absolute atomic E-state index is 0.0222. The lowest BCUT2D eigenvalue weighted by Crippen LogP contribution is -2.13. The zero-order valence-electron chi connectivity index (χ0n) is 10.9. The number of halogens is 1. The fraction of sp³-hybridized carbons (Fsp3) is 0.133. The molecular weight excluding hydrogens is 278 g/mol. The van der Waals surface area contributed by atoms with Crippen LogP contribution in [-0.4, -0.2) is 11.2 Å². The molecule has 0 aliphatic heterocycles. The van der Waals surface area contributed by atoms with Gasteiger partial charge in [0.25, 0.3) is 0 Å². The number of carbonyl (C=O) groups is 1. The molecule has 0 saturated carbocycles. The summed E-state index contributed by atoms with van der Waals surface area (Å²) >= 11 is 5.88. The van der Waals surface area contributed by atoms with Crippen LogP contribution in [0.25, 0.3) is 0 Å². The van der Waals surface area contributed by atoms with Gasteiger partial charge in [0, 0.05) is 5.02 Å². The van der Waals surface area contributed by atoms with E-state index in [1.165, 1.54) is 6.07 Å². The van der Waals surface area contributed by atoms with Gasteiger partial charge in [-0.25, -0.2) is 4.79 Å². The van der Waals surface area contributed by atoms with Crippen molar-refractivity contribution in [2.45, 2.75) is 13.5 Å². The summed E-state index contributed by atoms with van der Waals surface area (Å²) in [7, 11) is 0. The van der Waals surface area contributed by atoms with E-state index < -0.39 is 6.09 Å². The largest absolute Gasteiger partial charge is 0.505 e. The van der Waals surface area contributed by atoms with Crippen molar-refractivity contribution in [2.24, 2.45) is 0 Å². The number of anilines is 1. The Kier molecular flexibility index (Phi) is 4.48. The van der Waals surface area contributed by atoms with E-state index in [0.717, 1.165) is 5.56 Å². The van der Waals surface area contributed by atoms with Gasteiger partial charge in [-0.15, -0.1) is 0 Å². The van der Waals surface area contributed by atoms with Gasteiger partial charge in [0.05, 0.1) is 5.69 Å². The maximum atomic E-state index is 11.7. The van der Waals surface area contributed by atoms with Crippen LogP contribution in [0.15, 0.2) is 42.5 Å². The van der Waals surface area contributed by atoms with Gasteiger partial charge in [0.1, 0.15) is 12.4 Å². The molecule has 0 fully saturated rings. The number of phenolic OH excluding ortho intramolecular Hbond substituents is 1. The van der Waals surface area contributed by atoms with Crippen LogP contribution in [-0.2, 0) is 11.3 Å². The summed E-state index contributed by atoms with van der Waals surface area (Å²) in [4.78, 5) is 11.7. The molecule has 0 aliphatic rings. The van der Waals surface area contributed by atoms with Gasteiger partial charge in [-0.2, -0.15) is 0 Å². The first-order valence-electron chi connectivity index (χ1n) is 6.03. The van der Waals surface area contributed by atoms with Gasteiger partial charge in [-0.1, -0.05) is 41.9 Å². The summed E-state index contributed by atoms with van der Waals surface area (Å²) in [5.74, 6) is -0.0222. The van der Waals surface area contributed by atoms with Crippen LogP contribution in [0.5, 0.6) is 5.75 Å². The summed E-state index contributed by atoms with van der Waals surface area (Å²) in [6.45, 7) is 1.86. The number of phenols is 1. The van der Waals surface area contributed by atoms with Crippen LogP contribution in [0, 0.1) is 6.92 Å². The monoisotopic (exact) mass is 291 g/mol. The highest BCUT2D eigenvalue weighted by atomic mass is 35.5. The molecule has 2 N–H and O–H groups in total. The number of nitrogens with one attached hydrogen (secondary N) is 1. The van der Waals surface area contributed by atoms with E-state index in [-0.39, 0.29) is 18.0 Å². The number of ether oxygens (including phenoxy) is 1. The first-order chi connectivity index (χ1) is 9.56. The molecule has 104 valence electrons. The van der Waals surface area contributed by atoms with Crippen LogP contribution in [0.4, 0.5) is 10.5 Å². The molecule has 0 atom stereocenters. The fourth-order valence-corrected chi connectivity index (χ4v) is 1.97. The van der Waals surface area contributed by atoms with Gasteiger partial charge in [0.2, 0.25) is 0 Å². The fourth-order valence-electron chi connectivity index (χ4n) is 1.70. The predicted octanol–water partition coefficient (Wildman–Crippen LogP) is 4.10. The zero-order valence-corrected chi connectivity index (χ0v) is 11.6. The summed E-state index contributed by atoms with van der Waals surface area (Å²) in [6, 6.07) is 12.4. The van der Waals surface area contributed by atoms with Crippen LogP contribution in [0.3, 0.4) is 0 Å². The standard InChI is InChI=1S/C15H14ClNO3/c1-10-7-12(16)8-13(14(10)18)17-15(19)20-9-11-5-3-2-4-6-11/h2-8,18H,9H2,1H3,(H,17,19). The molecule has 0 bridgehead atoms. The number of carbonyl (C=O) groups excluding carboxylic acids is 1. The highest BCUT2D eigenvalue weighted by Crippen LogP contribution is 2.30. The van der Waals surface area contributed by atoms with Crippen LogP contribution < -0.4 is 5.32 Å².